The standard InChI is InChI=1S/C14H15FN2O2/c1-14(2,13(18)19)9-10-4-5-12(11(15)8-10)17-7-3-6-16-17/h3-8H,9H2,1-2H3,(H,18,19). The molecular formula is C14H15FN2O2. The Bertz CT molecular complexity index is 591. The molecule has 100 valence electrons. The predicted octanol–water partition coefficient (Wildman–Crippen LogP) is 2.66. The van der Waals surface area contributed by atoms with Gasteiger partial charge in [0.2, 0.25) is 0 Å². The van der Waals surface area contributed by atoms with Crippen LogP contribution in [0.25, 0.3) is 5.69 Å². The van der Waals surface area contributed by atoms with E-state index < -0.39 is 17.2 Å². The highest BCUT2D eigenvalue weighted by atomic mass is 19.1. The first-order valence-electron chi connectivity index (χ1n) is 5.92. The van der Waals surface area contributed by atoms with Crippen molar-refractivity contribution in [1.82, 2.24) is 9.78 Å². The monoisotopic (exact) mass is 262 g/mol. The molecule has 0 spiro atoms. The molecule has 0 aliphatic rings. The van der Waals surface area contributed by atoms with Gasteiger partial charge in [-0.1, -0.05) is 6.07 Å². The van der Waals surface area contributed by atoms with Crippen LogP contribution in [0.1, 0.15) is 19.4 Å². The lowest BCUT2D eigenvalue weighted by Crippen LogP contribution is -2.26. The van der Waals surface area contributed by atoms with Gasteiger partial charge in [-0.25, -0.2) is 9.07 Å². The molecule has 19 heavy (non-hydrogen) atoms. The molecule has 0 bridgehead atoms. The Labute approximate surface area is 110 Å². The molecule has 2 rings (SSSR count). The minimum atomic E-state index is -0.917. The number of carboxylic acids is 1. The number of aliphatic carboxylic acids is 1. The second-order valence-electron chi connectivity index (χ2n) is 5.10. The Balaban J connectivity index is 2.27. The number of hydrogen-bond donors (Lipinski definition) is 1. The summed E-state index contributed by atoms with van der Waals surface area (Å²) in [5.41, 5.74) is 0.0855. The molecule has 0 unspecified atom stereocenters. The van der Waals surface area contributed by atoms with Crippen LogP contribution in [0.15, 0.2) is 36.7 Å². The minimum Gasteiger partial charge on any atom is -0.481 e. The Morgan fingerprint density at radius 1 is 1.47 bits per heavy atom. The number of aromatic nitrogens is 2. The van der Waals surface area contributed by atoms with Crippen molar-refractivity contribution in [1.29, 1.82) is 0 Å². The number of benzene rings is 1. The number of carbonyl (C=O) groups is 1. The summed E-state index contributed by atoms with van der Waals surface area (Å²) in [6.07, 6.45) is 3.50. The zero-order valence-electron chi connectivity index (χ0n) is 10.8. The third-order valence-electron chi connectivity index (χ3n) is 2.99. The van der Waals surface area contributed by atoms with Gasteiger partial charge in [0.1, 0.15) is 11.5 Å². The van der Waals surface area contributed by atoms with Gasteiger partial charge in [-0.15, -0.1) is 0 Å². The van der Waals surface area contributed by atoms with E-state index >= 15 is 0 Å². The van der Waals surface area contributed by atoms with Crippen molar-refractivity contribution in [2.75, 3.05) is 0 Å². The molecule has 0 saturated carbocycles. The summed E-state index contributed by atoms with van der Waals surface area (Å²) in [6.45, 7) is 3.24. The summed E-state index contributed by atoms with van der Waals surface area (Å²) < 4.78 is 15.4. The van der Waals surface area contributed by atoms with Crippen molar-refractivity contribution in [2.24, 2.45) is 5.41 Å². The van der Waals surface area contributed by atoms with Gasteiger partial charge >= 0.3 is 5.97 Å². The van der Waals surface area contributed by atoms with Crippen molar-refractivity contribution in [3.05, 3.63) is 48.0 Å². The molecule has 0 amide bonds. The van der Waals surface area contributed by atoms with Gasteiger partial charge in [-0.2, -0.15) is 5.10 Å². The molecule has 2 aromatic rings. The van der Waals surface area contributed by atoms with E-state index in [1.807, 2.05) is 0 Å². The van der Waals surface area contributed by atoms with E-state index in [4.69, 9.17) is 5.11 Å². The lowest BCUT2D eigenvalue weighted by atomic mass is 9.86. The van der Waals surface area contributed by atoms with Gasteiger partial charge in [-0.05, 0) is 44.0 Å². The first-order valence-corrected chi connectivity index (χ1v) is 5.92. The molecule has 0 aliphatic heterocycles. The number of hydrogen-bond acceptors (Lipinski definition) is 2. The van der Waals surface area contributed by atoms with Crippen LogP contribution in [0.2, 0.25) is 0 Å². The van der Waals surface area contributed by atoms with E-state index in [1.165, 1.54) is 10.7 Å². The second-order valence-corrected chi connectivity index (χ2v) is 5.10. The lowest BCUT2D eigenvalue weighted by molar-refractivity contribution is -0.146. The molecule has 0 atom stereocenters. The molecule has 0 aliphatic carbocycles. The smallest absolute Gasteiger partial charge is 0.309 e. The highest BCUT2D eigenvalue weighted by molar-refractivity contribution is 5.74. The molecule has 0 fully saturated rings. The highest BCUT2D eigenvalue weighted by Gasteiger charge is 2.27. The van der Waals surface area contributed by atoms with Gasteiger partial charge in [0.15, 0.2) is 0 Å². The van der Waals surface area contributed by atoms with Crippen LogP contribution < -0.4 is 0 Å². The summed E-state index contributed by atoms with van der Waals surface area (Å²) in [5, 5.41) is 13.0. The van der Waals surface area contributed by atoms with Crippen molar-refractivity contribution in [2.45, 2.75) is 20.3 Å². The maximum atomic E-state index is 14.0. The van der Waals surface area contributed by atoms with Gasteiger partial charge in [-0.3, -0.25) is 4.79 Å². The number of rotatable bonds is 4. The number of nitrogens with zero attached hydrogens (tertiary/aromatic N) is 2. The first-order chi connectivity index (χ1) is 8.90. The topological polar surface area (TPSA) is 55.1 Å². The maximum absolute atomic E-state index is 14.0. The molecule has 4 nitrogen and oxygen atoms in total. The average Bonchev–Trinajstić information content (AvgIpc) is 2.81. The fourth-order valence-corrected chi connectivity index (χ4v) is 1.84. The zero-order chi connectivity index (χ0) is 14.0. The Morgan fingerprint density at radius 2 is 2.21 bits per heavy atom. The highest BCUT2D eigenvalue weighted by Crippen LogP contribution is 2.24. The minimum absolute atomic E-state index is 0.276. The zero-order valence-corrected chi connectivity index (χ0v) is 10.8. The SMILES string of the molecule is CC(C)(Cc1ccc(-n2cccn2)c(F)c1)C(=O)O. The first kappa shape index (κ1) is 13.3. The summed E-state index contributed by atoms with van der Waals surface area (Å²) in [5.74, 6) is -1.31. The third-order valence-corrected chi connectivity index (χ3v) is 2.99. The van der Waals surface area contributed by atoms with Crippen molar-refractivity contribution in [3.8, 4) is 5.69 Å². The van der Waals surface area contributed by atoms with Crippen molar-refractivity contribution in [3.63, 3.8) is 0 Å². The van der Waals surface area contributed by atoms with Crippen LogP contribution in [0.5, 0.6) is 0 Å². The van der Waals surface area contributed by atoms with Crippen molar-refractivity contribution < 1.29 is 14.3 Å². The molecule has 1 N–H and O–H groups in total. The summed E-state index contributed by atoms with van der Waals surface area (Å²) >= 11 is 0. The Kier molecular flexibility index (Phi) is 3.38. The van der Waals surface area contributed by atoms with Crippen LogP contribution in [0, 0.1) is 11.2 Å². The second kappa shape index (κ2) is 4.84. The summed E-state index contributed by atoms with van der Waals surface area (Å²) in [4.78, 5) is 11.1. The normalized spacial score (nSPS) is 11.5. The van der Waals surface area contributed by atoms with Gasteiger partial charge in [0.05, 0.1) is 5.41 Å². The number of carboxylic acid groups (broad SMARTS) is 1. The van der Waals surface area contributed by atoms with Gasteiger partial charge < -0.3 is 5.11 Å². The average molecular weight is 262 g/mol. The van der Waals surface area contributed by atoms with E-state index in [0.29, 0.717) is 11.3 Å². The lowest BCUT2D eigenvalue weighted by Gasteiger charge is -2.19. The molecule has 1 aromatic carbocycles. The molecule has 0 saturated heterocycles. The van der Waals surface area contributed by atoms with E-state index in [2.05, 4.69) is 5.10 Å². The maximum Gasteiger partial charge on any atom is 0.309 e. The Morgan fingerprint density at radius 3 is 2.74 bits per heavy atom. The molecular weight excluding hydrogens is 247 g/mol. The number of halogens is 1. The van der Waals surface area contributed by atoms with E-state index in [1.54, 1.807) is 44.4 Å². The fourth-order valence-electron chi connectivity index (χ4n) is 1.84. The van der Waals surface area contributed by atoms with Crippen LogP contribution in [-0.2, 0) is 11.2 Å². The molecule has 0 radical (unpaired) electrons. The molecule has 1 aromatic heterocycles. The fraction of sp³-hybridized carbons (Fsp3) is 0.286. The Hall–Kier alpha value is -2.17. The van der Waals surface area contributed by atoms with Crippen LogP contribution >= 0.6 is 0 Å². The largest absolute Gasteiger partial charge is 0.481 e. The van der Waals surface area contributed by atoms with Crippen LogP contribution in [0.4, 0.5) is 4.39 Å². The third kappa shape index (κ3) is 2.81. The summed E-state index contributed by atoms with van der Waals surface area (Å²) in [6, 6.07) is 6.41. The van der Waals surface area contributed by atoms with Gasteiger partial charge in [0.25, 0.3) is 0 Å². The van der Waals surface area contributed by atoms with Crippen molar-refractivity contribution >= 4 is 5.97 Å². The van der Waals surface area contributed by atoms with E-state index in [-0.39, 0.29) is 6.42 Å². The molecule has 5 heteroatoms. The van der Waals surface area contributed by atoms with E-state index in [9.17, 15) is 9.18 Å². The quantitative estimate of drug-likeness (QED) is 0.921. The summed E-state index contributed by atoms with van der Waals surface area (Å²) in [7, 11) is 0. The molecule has 1 heterocycles. The van der Waals surface area contributed by atoms with Gasteiger partial charge in [0, 0.05) is 12.4 Å². The van der Waals surface area contributed by atoms with E-state index in [0.717, 1.165) is 0 Å². The van der Waals surface area contributed by atoms with Crippen LogP contribution in [0.3, 0.4) is 0 Å². The van der Waals surface area contributed by atoms with Crippen LogP contribution in [-0.4, -0.2) is 20.9 Å². The predicted molar refractivity (Wildman–Crippen MR) is 68.6 cm³/mol.